The highest BCUT2D eigenvalue weighted by atomic mass is 19.2. The van der Waals surface area contributed by atoms with Crippen molar-refractivity contribution in [2.75, 3.05) is 39.3 Å². The second-order valence-electron chi connectivity index (χ2n) is 10.3. The molecule has 39 heavy (non-hydrogen) atoms. The van der Waals surface area contributed by atoms with Gasteiger partial charge in [-0.2, -0.15) is 0 Å². The molecule has 0 aliphatic heterocycles. The van der Waals surface area contributed by atoms with E-state index in [1.54, 1.807) is 0 Å². The molecule has 0 heterocycles. The normalized spacial score (nSPS) is 10.8. The van der Waals surface area contributed by atoms with Gasteiger partial charge in [-0.3, -0.25) is 0 Å². The van der Waals surface area contributed by atoms with E-state index in [9.17, 15) is 27.6 Å². The van der Waals surface area contributed by atoms with Crippen LogP contribution in [-0.2, 0) is 0 Å². The van der Waals surface area contributed by atoms with Crippen LogP contribution < -0.4 is 25.3 Å². The Bertz CT molecular complexity index is 637. The first kappa shape index (κ1) is 40.0. The van der Waals surface area contributed by atoms with Gasteiger partial charge in [0.05, 0.1) is 39.3 Å². The zero-order valence-electron chi connectivity index (χ0n) is 25.7. The smallest absolute Gasteiger partial charge is 0.193 e. The summed E-state index contributed by atoms with van der Waals surface area (Å²) in [5.74, 6) is -7.54. The Morgan fingerprint density at radius 3 is 1.03 bits per heavy atom. The molecule has 9 heteroatoms. The van der Waals surface area contributed by atoms with Gasteiger partial charge in [0, 0.05) is 6.07 Å². The number of rotatable bonds is 19. The van der Waals surface area contributed by atoms with Gasteiger partial charge >= 0.3 is 0 Å². The van der Waals surface area contributed by atoms with Gasteiger partial charge in [-0.15, -0.1) is 0 Å². The molecule has 0 aromatic heterocycles. The van der Waals surface area contributed by atoms with Crippen LogP contribution in [0.1, 0.15) is 119 Å². The maximum absolute atomic E-state index is 12.5. The minimum Gasteiger partial charge on any atom is -0.889 e. The summed E-state index contributed by atoms with van der Waals surface area (Å²) in [5, 5.41) is 20.2. The predicted octanol–water partition coefficient (Wildman–Crippen LogP) is 3.20. The van der Waals surface area contributed by atoms with Crippen molar-refractivity contribution in [1.82, 2.24) is 0 Å². The summed E-state index contributed by atoms with van der Waals surface area (Å²) in [6.45, 7) is 22.1. The molecule has 1 rings (SSSR count). The van der Waals surface area contributed by atoms with Crippen molar-refractivity contribution in [2.24, 2.45) is 0 Å². The van der Waals surface area contributed by atoms with Gasteiger partial charge in [0.1, 0.15) is 5.82 Å². The number of benzene rings is 1. The van der Waals surface area contributed by atoms with Crippen LogP contribution in [0.15, 0.2) is 6.07 Å². The van der Waals surface area contributed by atoms with Crippen molar-refractivity contribution in [2.45, 2.75) is 119 Å². The van der Waals surface area contributed by atoms with Crippen molar-refractivity contribution >= 4 is 12.6 Å². The average Bonchev–Trinajstić information content (AvgIpc) is 2.91. The van der Waals surface area contributed by atoms with Gasteiger partial charge < -0.3 is 19.8 Å². The Morgan fingerprint density at radius 1 is 0.513 bits per heavy atom. The van der Waals surface area contributed by atoms with E-state index in [0.29, 0.717) is 0 Å². The topological polar surface area (TPSA) is 55.0 Å². The number of hydrogen-bond acceptors (Lipinski definition) is 2. The molecule has 0 amide bonds. The lowest BCUT2D eigenvalue weighted by Gasteiger charge is -2.27. The van der Waals surface area contributed by atoms with E-state index in [2.05, 4.69) is 41.5 Å². The highest BCUT2D eigenvalue weighted by Gasteiger charge is 2.16. The Balaban J connectivity index is 0. The van der Waals surface area contributed by atoms with Crippen LogP contribution in [-0.4, -0.2) is 46.4 Å². The van der Waals surface area contributed by atoms with Crippen LogP contribution >= 0.6 is 0 Å². The minimum absolute atomic E-state index is 0.0451. The molecule has 0 fully saturated rings. The van der Waals surface area contributed by atoms with E-state index >= 15 is 0 Å². The van der Waals surface area contributed by atoms with Crippen molar-refractivity contribution < 1.29 is 37.4 Å². The molecule has 4 nitrogen and oxygen atoms in total. The third kappa shape index (κ3) is 20.4. The molecule has 0 radical (unpaired) electrons. The molecule has 0 unspecified atom stereocenters. The maximum atomic E-state index is 12.5. The fourth-order valence-corrected chi connectivity index (χ4v) is 4.11. The number of unbranched alkanes of at least 4 members (excludes halogenated alkanes) is 6. The molecule has 0 saturated heterocycles. The molecule has 0 saturated carbocycles. The molecule has 1 aromatic carbocycles. The van der Waals surface area contributed by atoms with E-state index in [0.717, 1.165) is 0 Å². The summed E-state index contributed by atoms with van der Waals surface area (Å²) in [7, 11) is -3.02. The second-order valence-corrected chi connectivity index (χ2v) is 10.3. The van der Waals surface area contributed by atoms with Crippen LogP contribution in [0.4, 0.5) is 17.6 Å². The molecule has 0 aliphatic carbocycles. The van der Waals surface area contributed by atoms with Gasteiger partial charge in [-0.05, 0) is 38.5 Å². The fraction of sp³-hybridized carbons (Fsp3) is 0.800. The lowest BCUT2D eigenvalue weighted by Crippen LogP contribution is -3.12. The largest absolute Gasteiger partial charge is 0.889 e. The quantitative estimate of drug-likeness (QED) is 0.117. The minimum atomic E-state index is -3.02. The Labute approximate surface area is 237 Å². The zero-order chi connectivity index (χ0) is 30.1. The van der Waals surface area contributed by atoms with Gasteiger partial charge in [0.15, 0.2) is 17.5 Å². The summed E-state index contributed by atoms with van der Waals surface area (Å²) in [6, 6.07) is -0.0451. The van der Waals surface area contributed by atoms with Crippen LogP contribution in [0, 0.1) is 23.3 Å². The third-order valence-corrected chi connectivity index (χ3v) is 6.69. The van der Waals surface area contributed by atoms with Crippen LogP contribution in [0.5, 0.6) is 0 Å². The van der Waals surface area contributed by atoms with Gasteiger partial charge in [0.25, 0.3) is 0 Å². The second kappa shape index (κ2) is 27.0. The SMILES string of the molecule is CCCC[NH+](CCCC)CCCC.CCCC[NH+](CCCC)CCCC.[O-]B([O-])c1c(F)cc(F)c(F)c1F. The molecule has 0 bridgehead atoms. The molecule has 0 aliphatic rings. The Kier molecular flexibility index (Phi) is 27.7. The zero-order valence-corrected chi connectivity index (χ0v) is 25.7. The number of quaternary nitrogens is 2. The summed E-state index contributed by atoms with van der Waals surface area (Å²) < 4.78 is 49.6. The molecule has 0 spiro atoms. The van der Waals surface area contributed by atoms with Gasteiger partial charge in [0.2, 0.25) is 0 Å². The standard InChI is InChI=1S/2C12H27N.C6HBF4O2/c2*1-4-7-10-13(11-8-5-2)12-9-6-3;8-2-1-3(9)5(10)6(11)4(2)7(12)13/h2*4-12H2,1-3H3;1H/q;;-2/p+2. The first-order chi connectivity index (χ1) is 18.6. The van der Waals surface area contributed by atoms with E-state index in [1.807, 2.05) is 9.80 Å². The number of halogens is 4. The Hall–Kier alpha value is -1.16. The molecular formula is C30H57BF4N2O2. The molecule has 0 atom stereocenters. The van der Waals surface area contributed by atoms with Gasteiger partial charge in [-0.25, -0.2) is 17.6 Å². The van der Waals surface area contributed by atoms with E-state index < -0.39 is 35.9 Å². The predicted molar refractivity (Wildman–Crippen MR) is 152 cm³/mol. The summed E-state index contributed by atoms with van der Waals surface area (Å²) in [4.78, 5) is 3.68. The summed E-state index contributed by atoms with van der Waals surface area (Å²) in [6.07, 6.45) is 16.5. The number of nitrogens with one attached hydrogen (secondary N) is 2. The van der Waals surface area contributed by atoms with Crippen molar-refractivity contribution in [1.29, 1.82) is 0 Å². The van der Waals surface area contributed by atoms with Crippen molar-refractivity contribution in [3.8, 4) is 0 Å². The van der Waals surface area contributed by atoms with E-state index in [4.69, 9.17) is 0 Å². The van der Waals surface area contributed by atoms with Crippen molar-refractivity contribution in [3.05, 3.63) is 29.3 Å². The molecule has 230 valence electrons. The first-order valence-electron chi connectivity index (χ1n) is 15.5. The lowest BCUT2D eigenvalue weighted by atomic mass is 9.79. The monoisotopic (exact) mass is 564 g/mol. The highest BCUT2D eigenvalue weighted by molar-refractivity contribution is 6.55. The first-order valence-corrected chi connectivity index (χ1v) is 15.5. The number of hydrogen-bond donors (Lipinski definition) is 2. The molecular weight excluding hydrogens is 507 g/mol. The lowest BCUT2D eigenvalue weighted by molar-refractivity contribution is -0.900. The van der Waals surface area contributed by atoms with Crippen LogP contribution in [0.25, 0.3) is 0 Å². The summed E-state index contributed by atoms with van der Waals surface area (Å²) in [5.41, 5.74) is -1.53. The Morgan fingerprint density at radius 2 is 0.795 bits per heavy atom. The van der Waals surface area contributed by atoms with Crippen LogP contribution in [0.3, 0.4) is 0 Å². The fourth-order valence-electron chi connectivity index (χ4n) is 4.11. The van der Waals surface area contributed by atoms with E-state index in [-0.39, 0.29) is 6.07 Å². The summed E-state index contributed by atoms with van der Waals surface area (Å²) >= 11 is 0. The van der Waals surface area contributed by atoms with Crippen LogP contribution in [0.2, 0.25) is 0 Å². The third-order valence-electron chi connectivity index (χ3n) is 6.69. The molecule has 1 aromatic rings. The highest BCUT2D eigenvalue weighted by Crippen LogP contribution is 2.10. The molecule has 2 N–H and O–H groups in total. The average molecular weight is 565 g/mol. The van der Waals surface area contributed by atoms with E-state index in [1.165, 1.54) is 116 Å². The van der Waals surface area contributed by atoms with Crippen molar-refractivity contribution in [3.63, 3.8) is 0 Å². The maximum Gasteiger partial charge on any atom is 0.193 e. The van der Waals surface area contributed by atoms with Gasteiger partial charge in [-0.1, -0.05) is 92.6 Å².